The van der Waals surface area contributed by atoms with E-state index in [9.17, 15) is 5.11 Å². The Morgan fingerprint density at radius 1 is 1.23 bits per heavy atom. The van der Waals surface area contributed by atoms with Gasteiger partial charge in [-0.25, -0.2) is 0 Å². The van der Waals surface area contributed by atoms with Crippen LogP contribution in [0.3, 0.4) is 0 Å². The SMILES string of the molecule is COc1ccc(-c2[nH]ncc2CN(Cc2sccc2C)CC(C)O)cc1. The number of thiophene rings is 1. The van der Waals surface area contributed by atoms with Crippen molar-refractivity contribution in [2.24, 2.45) is 0 Å². The number of aromatic nitrogens is 2. The number of aryl methyl sites for hydroxylation is 1. The van der Waals surface area contributed by atoms with Gasteiger partial charge in [-0.05, 0) is 55.1 Å². The van der Waals surface area contributed by atoms with E-state index in [1.54, 1.807) is 18.4 Å². The molecule has 0 radical (unpaired) electrons. The van der Waals surface area contributed by atoms with Crippen LogP contribution in [0.5, 0.6) is 5.75 Å². The topological polar surface area (TPSA) is 61.4 Å². The van der Waals surface area contributed by atoms with Gasteiger partial charge >= 0.3 is 0 Å². The van der Waals surface area contributed by atoms with Crippen molar-refractivity contribution in [2.75, 3.05) is 13.7 Å². The molecule has 0 amide bonds. The number of aliphatic hydroxyl groups excluding tert-OH is 1. The van der Waals surface area contributed by atoms with E-state index in [0.29, 0.717) is 6.54 Å². The Balaban J connectivity index is 1.80. The lowest BCUT2D eigenvalue weighted by molar-refractivity contribution is 0.119. The van der Waals surface area contributed by atoms with Crippen LogP contribution >= 0.6 is 11.3 Å². The quantitative estimate of drug-likeness (QED) is 0.632. The van der Waals surface area contributed by atoms with Crippen LogP contribution in [0.4, 0.5) is 0 Å². The molecule has 3 rings (SSSR count). The van der Waals surface area contributed by atoms with Crippen LogP contribution in [0, 0.1) is 6.92 Å². The molecule has 0 aliphatic carbocycles. The average Bonchev–Trinajstić information content (AvgIpc) is 3.24. The standard InChI is InChI=1S/C20H25N3O2S/c1-14-8-9-26-19(14)13-23(11-15(2)24)12-17-10-21-22-20(17)16-4-6-18(25-3)7-5-16/h4-10,15,24H,11-13H2,1-3H3,(H,21,22). The molecule has 6 heteroatoms. The number of methoxy groups -OCH3 is 1. The summed E-state index contributed by atoms with van der Waals surface area (Å²) in [4.78, 5) is 3.60. The molecule has 138 valence electrons. The number of nitrogens with zero attached hydrogens (tertiary/aromatic N) is 2. The number of hydrogen-bond donors (Lipinski definition) is 2. The number of rotatable bonds is 8. The van der Waals surface area contributed by atoms with Gasteiger partial charge in [0.05, 0.1) is 25.1 Å². The predicted molar refractivity (Wildman–Crippen MR) is 105 cm³/mol. The third kappa shape index (κ3) is 4.52. The minimum atomic E-state index is -0.383. The highest BCUT2D eigenvalue weighted by molar-refractivity contribution is 7.10. The maximum Gasteiger partial charge on any atom is 0.118 e. The van der Waals surface area contributed by atoms with E-state index in [1.807, 2.05) is 37.4 Å². The van der Waals surface area contributed by atoms with E-state index in [4.69, 9.17) is 4.74 Å². The number of hydrogen-bond acceptors (Lipinski definition) is 5. The molecular formula is C20H25N3O2S. The normalized spacial score (nSPS) is 12.5. The van der Waals surface area contributed by atoms with E-state index in [1.165, 1.54) is 10.4 Å². The molecule has 2 aromatic heterocycles. The molecule has 0 aliphatic rings. The Hall–Kier alpha value is -2.15. The molecule has 2 N–H and O–H groups in total. The number of aromatic amines is 1. The summed E-state index contributed by atoms with van der Waals surface area (Å²) in [7, 11) is 1.66. The zero-order valence-electron chi connectivity index (χ0n) is 15.4. The molecule has 1 unspecified atom stereocenters. The van der Waals surface area contributed by atoms with Gasteiger partial charge in [0.15, 0.2) is 0 Å². The predicted octanol–water partition coefficient (Wildman–Crippen LogP) is 3.84. The second-order valence-electron chi connectivity index (χ2n) is 6.54. The molecule has 26 heavy (non-hydrogen) atoms. The third-order valence-corrected chi connectivity index (χ3v) is 5.36. The second kappa shape index (κ2) is 8.49. The highest BCUT2D eigenvalue weighted by atomic mass is 32.1. The van der Waals surface area contributed by atoms with Crippen molar-refractivity contribution < 1.29 is 9.84 Å². The molecule has 2 heterocycles. The van der Waals surface area contributed by atoms with Gasteiger partial charge in [-0.1, -0.05) is 0 Å². The van der Waals surface area contributed by atoms with Gasteiger partial charge in [-0.15, -0.1) is 11.3 Å². The lowest BCUT2D eigenvalue weighted by Crippen LogP contribution is -2.30. The molecule has 0 saturated carbocycles. The first kappa shape index (κ1) is 18.6. The van der Waals surface area contributed by atoms with E-state index < -0.39 is 0 Å². The maximum atomic E-state index is 9.92. The van der Waals surface area contributed by atoms with Gasteiger partial charge in [0.1, 0.15) is 5.75 Å². The summed E-state index contributed by atoms with van der Waals surface area (Å²) >= 11 is 1.76. The van der Waals surface area contributed by atoms with E-state index in [2.05, 4.69) is 33.5 Å². The average molecular weight is 372 g/mol. The molecule has 0 bridgehead atoms. The van der Waals surface area contributed by atoms with E-state index in [0.717, 1.165) is 35.7 Å². The van der Waals surface area contributed by atoms with E-state index in [-0.39, 0.29) is 6.10 Å². The Labute approximate surface area is 158 Å². The Kier molecular flexibility index (Phi) is 6.08. The Morgan fingerprint density at radius 2 is 2.00 bits per heavy atom. The van der Waals surface area contributed by atoms with Crippen LogP contribution in [0.25, 0.3) is 11.3 Å². The molecule has 0 fully saturated rings. The van der Waals surface area contributed by atoms with Crippen molar-refractivity contribution in [3.63, 3.8) is 0 Å². The number of H-pyrrole nitrogens is 1. The number of nitrogens with one attached hydrogen (secondary N) is 1. The summed E-state index contributed by atoms with van der Waals surface area (Å²) in [6, 6.07) is 10.1. The molecule has 0 aliphatic heterocycles. The summed E-state index contributed by atoms with van der Waals surface area (Å²) in [6.45, 7) is 6.12. The molecule has 1 atom stereocenters. The first-order chi connectivity index (χ1) is 12.6. The van der Waals surface area contributed by atoms with Crippen LogP contribution in [0.2, 0.25) is 0 Å². The van der Waals surface area contributed by atoms with Crippen LogP contribution in [-0.2, 0) is 13.1 Å². The molecule has 1 aromatic carbocycles. The minimum Gasteiger partial charge on any atom is -0.497 e. The summed E-state index contributed by atoms with van der Waals surface area (Å²) in [5.41, 5.74) is 4.49. The number of benzene rings is 1. The fraction of sp³-hybridized carbons (Fsp3) is 0.350. The smallest absolute Gasteiger partial charge is 0.118 e. The van der Waals surface area contributed by atoms with Gasteiger partial charge in [-0.3, -0.25) is 10.00 Å². The van der Waals surface area contributed by atoms with Crippen molar-refractivity contribution in [2.45, 2.75) is 33.0 Å². The summed E-state index contributed by atoms with van der Waals surface area (Å²) in [5.74, 6) is 0.832. The van der Waals surface area contributed by atoms with Gasteiger partial charge < -0.3 is 9.84 Å². The van der Waals surface area contributed by atoms with Gasteiger partial charge in [-0.2, -0.15) is 5.10 Å². The fourth-order valence-electron chi connectivity index (χ4n) is 3.01. The molecule has 3 aromatic rings. The largest absolute Gasteiger partial charge is 0.497 e. The minimum absolute atomic E-state index is 0.383. The maximum absolute atomic E-state index is 9.92. The summed E-state index contributed by atoms with van der Waals surface area (Å²) in [6.07, 6.45) is 1.49. The molecule has 5 nitrogen and oxygen atoms in total. The van der Waals surface area contributed by atoms with Gasteiger partial charge in [0, 0.05) is 35.6 Å². The van der Waals surface area contributed by atoms with E-state index >= 15 is 0 Å². The van der Waals surface area contributed by atoms with Gasteiger partial charge in [0.25, 0.3) is 0 Å². The van der Waals surface area contributed by atoms with Crippen molar-refractivity contribution in [3.05, 3.63) is 57.9 Å². The second-order valence-corrected chi connectivity index (χ2v) is 7.54. The highest BCUT2D eigenvalue weighted by Crippen LogP contribution is 2.26. The fourth-order valence-corrected chi connectivity index (χ4v) is 3.95. The lowest BCUT2D eigenvalue weighted by Gasteiger charge is -2.23. The van der Waals surface area contributed by atoms with Crippen molar-refractivity contribution in [3.8, 4) is 17.0 Å². The molecule has 0 spiro atoms. The first-order valence-electron chi connectivity index (χ1n) is 8.67. The Bertz CT molecular complexity index is 824. The van der Waals surface area contributed by atoms with Crippen molar-refractivity contribution in [1.82, 2.24) is 15.1 Å². The van der Waals surface area contributed by atoms with Crippen LogP contribution in [0.15, 0.2) is 41.9 Å². The van der Waals surface area contributed by atoms with Gasteiger partial charge in [0.2, 0.25) is 0 Å². The first-order valence-corrected chi connectivity index (χ1v) is 9.55. The monoisotopic (exact) mass is 371 g/mol. The summed E-state index contributed by atoms with van der Waals surface area (Å²) < 4.78 is 5.23. The highest BCUT2D eigenvalue weighted by Gasteiger charge is 2.16. The molecular weight excluding hydrogens is 346 g/mol. The van der Waals surface area contributed by atoms with Crippen molar-refractivity contribution in [1.29, 1.82) is 0 Å². The zero-order chi connectivity index (χ0) is 18.5. The number of ether oxygens (including phenoxy) is 1. The van der Waals surface area contributed by atoms with Crippen molar-refractivity contribution >= 4 is 11.3 Å². The van der Waals surface area contributed by atoms with Crippen LogP contribution in [-0.4, -0.2) is 40.0 Å². The third-order valence-electron chi connectivity index (χ3n) is 4.35. The molecule has 0 saturated heterocycles. The zero-order valence-corrected chi connectivity index (χ0v) is 16.2. The van der Waals surface area contributed by atoms with Crippen LogP contribution < -0.4 is 4.74 Å². The van der Waals surface area contributed by atoms with Crippen LogP contribution in [0.1, 0.15) is 22.9 Å². The summed E-state index contributed by atoms with van der Waals surface area (Å²) in [5, 5.41) is 19.4. The lowest BCUT2D eigenvalue weighted by atomic mass is 10.1. The number of aliphatic hydroxyl groups is 1. The Morgan fingerprint density at radius 3 is 2.62 bits per heavy atom.